The Morgan fingerprint density at radius 2 is 1.89 bits per heavy atom. The number of methoxy groups -OCH3 is 2. The van der Waals surface area contributed by atoms with Crippen molar-refractivity contribution in [1.82, 2.24) is 5.32 Å². The molecule has 1 saturated heterocycles. The van der Waals surface area contributed by atoms with E-state index in [-0.39, 0.29) is 12.0 Å². The lowest BCUT2D eigenvalue weighted by Gasteiger charge is -2.14. The Balaban J connectivity index is 1.63. The molecular formula is C21H25NO5. The van der Waals surface area contributed by atoms with Gasteiger partial charge in [-0.05, 0) is 55.3 Å². The van der Waals surface area contributed by atoms with Crippen LogP contribution in [0.15, 0.2) is 42.5 Å². The molecule has 1 amide bonds. The first-order valence-corrected chi connectivity index (χ1v) is 9.03. The van der Waals surface area contributed by atoms with Gasteiger partial charge in [0.05, 0.1) is 20.3 Å². The lowest BCUT2D eigenvalue weighted by Crippen LogP contribution is -2.31. The zero-order valence-electron chi connectivity index (χ0n) is 15.7. The van der Waals surface area contributed by atoms with Gasteiger partial charge < -0.3 is 24.3 Å². The Morgan fingerprint density at radius 3 is 2.56 bits per heavy atom. The summed E-state index contributed by atoms with van der Waals surface area (Å²) in [6, 6.07) is 12.7. The van der Waals surface area contributed by atoms with Crippen molar-refractivity contribution in [2.75, 3.05) is 27.4 Å². The van der Waals surface area contributed by atoms with Crippen molar-refractivity contribution in [3.05, 3.63) is 53.6 Å². The van der Waals surface area contributed by atoms with Gasteiger partial charge in [-0.25, -0.2) is 0 Å². The standard InChI is InChI=1S/C21H25NO5/c1-24-17-6-8-18(9-7-17)27-14-16-12-15(5-10-20(16)25-2)21(23)22-13-19-4-3-11-26-19/h5-10,12,19H,3-4,11,13-14H2,1-2H3,(H,22,23)/t19-/m1/s1. The number of nitrogens with one attached hydrogen (secondary N) is 1. The van der Waals surface area contributed by atoms with Crippen molar-refractivity contribution in [3.63, 3.8) is 0 Å². The third-order valence-corrected chi connectivity index (χ3v) is 4.51. The minimum Gasteiger partial charge on any atom is -0.497 e. The fraction of sp³-hybridized carbons (Fsp3) is 0.381. The molecule has 27 heavy (non-hydrogen) atoms. The van der Waals surface area contributed by atoms with Crippen LogP contribution in [-0.4, -0.2) is 39.4 Å². The SMILES string of the molecule is COc1ccc(OCc2cc(C(=O)NC[C@H]3CCCO3)ccc2OC)cc1. The van der Waals surface area contributed by atoms with Crippen LogP contribution in [0.5, 0.6) is 17.2 Å². The number of hydrogen-bond acceptors (Lipinski definition) is 5. The van der Waals surface area contributed by atoms with Crippen LogP contribution in [0.1, 0.15) is 28.8 Å². The van der Waals surface area contributed by atoms with E-state index in [4.69, 9.17) is 18.9 Å². The van der Waals surface area contributed by atoms with Gasteiger partial charge in [0.2, 0.25) is 0 Å². The van der Waals surface area contributed by atoms with Gasteiger partial charge in [0.1, 0.15) is 23.9 Å². The second-order valence-corrected chi connectivity index (χ2v) is 6.34. The minimum atomic E-state index is -0.126. The molecule has 0 bridgehead atoms. The normalized spacial score (nSPS) is 16.0. The molecule has 0 spiro atoms. The predicted molar refractivity (Wildman–Crippen MR) is 102 cm³/mol. The Labute approximate surface area is 159 Å². The maximum Gasteiger partial charge on any atom is 0.251 e. The molecule has 1 aliphatic rings. The molecule has 3 rings (SSSR count). The highest BCUT2D eigenvalue weighted by Crippen LogP contribution is 2.23. The Kier molecular flexibility index (Phi) is 6.54. The predicted octanol–water partition coefficient (Wildman–Crippen LogP) is 3.19. The van der Waals surface area contributed by atoms with E-state index in [9.17, 15) is 4.79 Å². The maximum atomic E-state index is 12.4. The van der Waals surface area contributed by atoms with Crippen molar-refractivity contribution in [2.24, 2.45) is 0 Å². The smallest absolute Gasteiger partial charge is 0.251 e. The third kappa shape index (κ3) is 5.14. The molecule has 0 unspecified atom stereocenters. The number of carbonyl (C=O) groups is 1. The molecule has 0 radical (unpaired) electrons. The van der Waals surface area contributed by atoms with Crippen LogP contribution >= 0.6 is 0 Å². The number of benzene rings is 2. The number of amides is 1. The van der Waals surface area contributed by atoms with Crippen molar-refractivity contribution in [2.45, 2.75) is 25.6 Å². The second kappa shape index (κ2) is 9.28. The first kappa shape index (κ1) is 19.0. The van der Waals surface area contributed by atoms with Crippen molar-refractivity contribution < 1.29 is 23.7 Å². The highest BCUT2D eigenvalue weighted by atomic mass is 16.5. The summed E-state index contributed by atoms with van der Waals surface area (Å²) >= 11 is 0. The Bertz CT molecular complexity index is 754. The number of hydrogen-bond donors (Lipinski definition) is 1. The summed E-state index contributed by atoms with van der Waals surface area (Å²) in [5.41, 5.74) is 1.38. The maximum absolute atomic E-state index is 12.4. The molecule has 0 aromatic heterocycles. The molecule has 144 valence electrons. The lowest BCUT2D eigenvalue weighted by molar-refractivity contribution is 0.0857. The van der Waals surface area contributed by atoms with Gasteiger partial charge in [-0.3, -0.25) is 4.79 Å². The van der Waals surface area contributed by atoms with Crippen LogP contribution < -0.4 is 19.5 Å². The Hall–Kier alpha value is -2.73. The molecule has 2 aromatic rings. The summed E-state index contributed by atoms with van der Waals surface area (Å²) in [4.78, 5) is 12.4. The van der Waals surface area contributed by atoms with Crippen LogP contribution in [0.4, 0.5) is 0 Å². The van der Waals surface area contributed by atoms with Crippen LogP contribution in [0, 0.1) is 0 Å². The van der Waals surface area contributed by atoms with Crippen molar-refractivity contribution in [1.29, 1.82) is 0 Å². The van der Waals surface area contributed by atoms with Gasteiger partial charge in [0, 0.05) is 24.3 Å². The quantitative estimate of drug-likeness (QED) is 0.772. The Morgan fingerprint density at radius 1 is 1.11 bits per heavy atom. The topological polar surface area (TPSA) is 66.0 Å². The van der Waals surface area contributed by atoms with Gasteiger partial charge in [0.15, 0.2) is 0 Å². The van der Waals surface area contributed by atoms with Crippen LogP contribution in [-0.2, 0) is 11.3 Å². The summed E-state index contributed by atoms with van der Waals surface area (Å²) in [5.74, 6) is 2.04. The first-order valence-electron chi connectivity index (χ1n) is 9.03. The van der Waals surface area contributed by atoms with E-state index in [2.05, 4.69) is 5.32 Å². The number of rotatable bonds is 8. The van der Waals surface area contributed by atoms with E-state index < -0.39 is 0 Å². The van der Waals surface area contributed by atoms with E-state index in [1.54, 1.807) is 32.4 Å². The van der Waals surface area contributed by atoms with Gasteiger partial charge >= 0.3 is 0 Å². The van der Waals surface area contributed by atoms with Gasteiger partial charge in [-0.2, -0.15) is 0 Å². The van der Waals surface area contributed by atoms with E-state index >= 15 is 0 Å². The fourth-order valence-electron chi connectivity index (χ4n) is 2.98. The summed E-state index contributed by atoms with van der Waals surface area (Å²) in [6.07, 6.45) is 2.16. The largest absolute Gasteiger partial charge is 0.497 e. The lowest BCUT2D eigenvalue weighted by atomic mass is 10.1. The van der Waals surface area contributed by atoms with Crippen LogP contribution in [0.3, 0.4) is 0 Å². The van der Waals surface area contributed by atoms with Gasteiger partial charge in [-0.1, -0.05) is 0 Å². The van der Waals surface area contributed by atoms with Gasteiger partial charge in [-0.15, -0.1) is 0 Å². The highest BCUT2D eigenvalue weighted by molar-refractivity contribution is 5.94. The molecule has 1 heterocycles. The van der Waals surface area contributed by atoms with Gasteiger partial charge in [0.25, 0.3) is 5.91 Å². The number of ether oxygens (including phenoxy) is 4. The van der Waals surface area contributed by atoms with Crippen molar-refractivity contribution in [3.8, 4) is 17.2 Å². The zero-order valence-corrected chi connectivity index (χ0v) is 15.7. The summed E-state index contributed by atoms with van der Waals surface area (Å²) in [6.45, 7) is 1.60. The monoisotopic (exact) mass is 371 g/mol. The molecular weight excluding hydrogens is 346 g/mol. The van der Waals surface area contributed by atoms with Crippen molar-refractivity contribution >= 4 is 5.91 Å². The molecule has 1 aliphatic heterocycles. The highest BCUT2D eigenvalue weighted by Gasteiger charge is 2.17. The molecule has 0 aliphatic carbocycles. The van der Waals surface area contributed by atoms with E-state index in [1.807, 2.05) is 24.3 Å². The zero-order chi connectivity index (χ0) is 19.1. The average molecular weight is 371 g/mol. The molecule has 6 nitrogen and oxygen atoms in total. The second-order valence-electron chi connectivity index (χ2n) is 6.34. The first-order chi connectivity index (χ1) is 13.2. The average Bonchev–Trinajstić information content (AvgIpc) is 3.24. The fourth-order valence-corrected chi connectivity index (χ4v) is 2.98. The molecule has 2 aromatic carbocycles. The van der Waals surface area contributed by atoms with E-state index in [1.165, 1.54) is 0 Å². The summed E-state index contributed by atoms with van der Waals surface area (Å²) < 4.78 is 21.9. The van der Waals surface area contributed by atoms with Crippen LogP contribution in [0.25, 0.3) is 0 Å². The number of carbonyl (C=O) groups excluding carboxylic acids is 1. The summed E-state index contributed by atoms with van der Waals surface area (Å²) in [7, 11) is 3.22. The molecule has 1 atom stereocenters. The minimum absolute atomic E-state index is 0.116. The summed E-state index contributed by atoms with van der Waals surface area (Å²) in [5, 5.41) is 2.93. The molecule has 1 N–H and O–H groups in total. The molecule has 6 heteroatoms. The van der Waals surface area contributed by atoms with E-state index in [0.29, 0.717) is 30.2 Å². The van der Waals surface area contributed by atoms with E-state index in [0.717, 1.165) is 30.8 Å². The molecule has 1 fully saturated rings. The molecule has 0 saturated carbocycles. The third-order valence-electron chi connectivity index (χ3n) is 4.51. The van der Waals surface area contributed by atoms with Crippen LogP contribution in [0.2, 0.25) is 0 Å².